The monoisotopic (exact) mass is 340 g/mol. The van der Waals surface area contributed by atoms with Crippen LogP contribution in [-0.2, 0) is 9.59 Å². The fourth-order valence-electron chi connectivity index (χ4n) is 1.98. The van der Waals surface area contributed by atoms with E-state index in [1.54, 1.807) is 0 Å². The quantitative estimate of drug-likeness (QED) is 0.486. The summed E-state index contributed by atoms with van der Waals surface area (Å²) in [6.07, 6.45) is 3.59. The number of carboxylic acids is 2. The van der Waals surface area contributed by atoms with Crippen molar-refractivity contribution in [3.63, 3.8) is 0 Å². The van der Waals surface area contributed by atoms with Crippen molar-refractivity contribution in [3.8, 4) is 0 Å². The number of rotatable bonds is 2. The van der Waals surface area contributed by atoms with Gasteiger partial charge < -0.3 is 55.2 Å². The second kappa shape index (κ2) is 13.7. The molecule has 2 heterocycles. The average molecular weight is 341 g/mol. The first-order valence-corrected chi connectivity index (χ1v) is 5.69. The number of aliphatic carboxylic acids is 2. The van der Waals surface area contributed by atoms with Gasteiger partial charge in [0.1, 0.15) is 12.1 Å². The molecule has 4 N–H and O–H groups in total. The summed E-state index contributed by atoms with van der Waals surface area (Å²) in [5, 5.41) is 23.7. The predicted molar refractivity (Wildman–Crippen MR) is 55.4 cm³/mol. The van der Waals surface area contributed by atoms with Gasteiger partial charge in [-0.15, -0.1) is 0 Å². The van der Waals surface area contributed by atoms with E-state index in [0.29, 0.717) is 0 Å². The van der Waals surface area contributed by atoms with Crippen LogP contribution in [0.15, 0.2) is 0 Å². The van der Waals surface area contributed by atoms with Crippen LogP contribution in [0.3, 0.4) is 0 Å². The second-order valence-electron chi connectivity index (χ2n) is 4.18. The SMILES string of the molecule is O=C([O-])[C@@H]1CCC[NH2+]1.O=C([O-])[C@@H]1CCC[NH2+]1.[Ca+2].[Cl-].[Cl-]. The van der Waals surface area contributed by atoms with Crippen LogP contribution in [0, 0.1) is 0 Å². The Bertz CT molecular complexity index is 234. The van der Waals surface area contributed by atoms with Gasteiger partial charge in [0.25, 0.3) is 0 Å². The zero-order valence-electron chi connectivity index (χ0n) is 10.6. The van der Waals surface area contributed by atoms with E-state index in [0.717, 1.165) is 38.8 Å². The molecule has 2 fully saturated rings. The Hall–Kier alpha value is 0.700. The van der Waals surface area contributed by atoms with Gasteiger partial charge in [0.15, 0.2) is 0 Å². The van der Waals surface area contributed by atoms with E-state index >= 15 is 0 Å². The number of halogens is 2. The maximum absolute atomic E-state index is 10.1. The molecule has 9 heteroatoms. The zero-order chi connectivity index (χ0) is 12.0. The van der Waals surface area contributed by atoms with Crippen molar-refractivity contribution in [3.05, 3.63) is 0 Å². The molecule has 108 valence electrons. The first-order chi connectivity index (χ1) is 7.61. The van der Waals surface area contributed by atoms with E-state index in [2.05, 4.69) is 0 Å². The van der Waals surface area contributed by atoms with Crippen LogP contribution in [0.1, 0.15) is 25.7 Å². The first-order valence-electron chi connectivity index (χ1n) is 5.69. The summed E-state index contributed by atoms with van der Waals surface area (Å²) in [6.45, 7) is 1.89. The summed E-state index contributed by atoms with van der Waals surface area (Å²) >= 11 is 0. The number of hydrogen-bond donors (Lipinski definition) is 2. The fourth-order valence-corrected chi connectivity index (χ4v) is 1.98. The van der Waals surface area contributed by atoms with E-state index in [9.17, 15) is 19.8 Å². The topological polar surface area (TPSA) is 113 Å². The van der Waals surface area contributed by atoms with Crippen LogP contribution in [-0.4, -0.2) is 74.9 Å². The van der Waals surface area contributed by atoms with Gasteiger partial charge in [0.2, 0.25) is 0 Å². The number of carboxylic acid groups (broad SMARTS) is 2. The van der Waals surface area contributed by atoms with Gasteiger partial charge in [0.05, 0.1) is 25.0 Å². The summed E-state index contributed by atoms with van der Waals surface area (Å²) < 4.78 is 0. The largest absolute Gasteiger partial charge is 2.00 e. The molecule has 0 radical (unpaired) electrons. The molecule has 2 aliphatic heterocycles. The minimum absolute atomic E-state index is 0. The Kier molecular flexibility index (Phi) is 17.8. The Balaban J connectivity index is -0.000000233. The fraction of sp³-hybridized carbons (Fsp3) is 0.800. The van der Waals surface area contributed by atoms with Crippen molar-refractivity contribution in [2.24, 2.45) is 0 Å². The smallest absolute Gasteiger partial charge is 1.00 e. The van der Waals surface area contributed by atoms with Gasteiger partial charge in [-0.1, -0.05) is 0 Å². The Morgan fingerprint density at radius 2 is 1.16 bits per heavy atom. The number of quaternary nitrogens is 2. The summed E-state index contributed by atoms with van der Waals surface area (Å²) in [4.78, 5) is 20.1. The summed E-state index contributed by atoms with van der Waals surface area (Å²) in [6, 6.07) is -0.509. The minimum Gasteiger partial charge on any atom is -1.00 e. The van der Waals surface area contributed by atoms with Gasteiger partial charge in [-0.2, -0.15) is 0 Å². The predicted octanol–water partition coefficient (Wildman–Crippen LogP) is -11.4. The van der Waals surface area contributed by atoms with Crippen molar-refractivity contribution >= 4 is 49.7 Å². The summed E-state index contributed by atoms with van der Waals surface area (Å²) in [7, 11) is 0. The van der Waals surface area contributed by atoms with Crippen molar-refractivity contribution in [2.75, 3.05) is 13.1 Å². The minimum atomic E-state index is -0.914. The molecule has 2 saturated heterocycles. The van der Waals surface area contributed by atoms with Crippen LogP contribution in [0.4, 0.5) is 0 Å². The molecule has 2 rings (SSSR count). The van der Waals surface area contributed by atoms with Crippen molar-refractivity contribution in [2.45, 2.75) is 37.8 Å². The molecule has 19 heavy (non-hydrogen) atoms. The Morgan fingerprint density at radius 1 is 0.842 bits per heavy atom. The van der Waals surface area contributed by atoms with E-state index in [-0.39, 0.29) is 74.6 Å². The molecule has 2 atom stereocenters. The normalized spacial score (nSPS) is 23.8. The van der Waals surface area contributed by atoms with Crippen molar-refractivity contribution in [1.29, 1.82) is 0 Å². The first kappa shape index (κ1) is 24.7. The third-order valence-corrected chi connectivity index (χ3v) is 2.95. The maximum atomic E-state index is 10.1. The molecule has 0 unspecified atom stereocenters. The van der Waals surface area contributed by atoms with Gasteiger partial charge in [0, 0.05) is 25.7 Å². The van der Waals surface area contributed by atoms with Crippen LogP contribution >= 0.6 is 0 Å². The molecule has 6 nitrogen and oxygen atoms in total. The van der Waals surface area contributed by atoms with Crippen LogP contribution in [0.5, 0.6) is 0 Å². The second-order valence-corrected chi connectivity index (χ2v) is 4.18. The molecule has 0 spiro atoms. The average Bonchev–Trinajstić information content (AvgIpc) is 2.93. The Morgan fingerprint density at radius 3 is 1.26 bits per heavy atom. The van der Waals surface area contributed by atoms with Gasteiger partial charge in [-0.25, -0.2) is 0 Å². The van der Waals surface area contributed by atoms with Gasteiger partial charge in [-0.05, 0) is 0 Å². The molecular weight excluding hydrogens is 323 g/mol. The molecule has 0 aromatic heterocycles. The molecule has 2 aliphatic rings. The van der Waals surface area contributed by atoms with Crippen molar-refractivity contribution in [1.82, 2.24) is 0 Å². The molecule has 0 saturated carbocycles. The number of hydrogen-bond acceptors (Lipinski definition) is 4. The summed E-state index contributed by atoms with van der Waals surface area (Å²) in [5.41, 5.74) is 0. The van der Waals surface area contributed by atoms with E-state index < -0.39 is 11.9 Å². The van der Waals surface area contributed by atoms with Crippen molar-refractivity contribution < 1.29 is 55.2 Å². The summed E-state index contributed by atoms with van der Waals surface area (Å²) in [5.74, 6) is -1.83. The van der Waals surface area contributed by atoms with Crippen LogP contribution in [0.25, 0.3) is 0 Å². The number of nitrogens with two attached hydrogens (primary N) is 2. The number of carbonyl (C=O) groups excluding carboxylic acids is 2. The van der Waals surface area contributed by atoms with Gasteiger partial charge in [-0.3, -0.25) is 0 Å². The molecule has 0 aromatic carbocycles. The van der Waals surface area contributed by atoms with E-state index in [4.69, 9.17) is 0 Å². The molecule has 0 amide bonds. The molecular formula is C10H18CaCl2N2O4. The Labute approximate surface area is 154 Å². The maximum Gasteiger partial charge on any atom is 2.00 e. The standard InChI is InChI=1S/2C5H9NO2.Ca.2ClH/c2*7-5(8)4-2-1-3-6-4;;;/h2*4,6H,1-3H2,(H,7,8);;2*1H/q;;+2;;/p-2/t2*4-;;;/m00.../s1. The third kappa shape index (κ3) is 10.1. The van der Waals surface area contributed by atoms with Crippen LogP contribution in [0.2, 0.25) is 0 Å². The van der Waals surface area contributed by atoms with Crippen LogP contribution < -0.4 is 45.7 Å². The van der Waals surface area contributed by atoms with E-state index in [1.807, 2.05) is 10.6 Å². The number of carbonyl (C=O) groups is 2. The molecule has 0 aromatic rings. The molecule has 0 bridgehead atoms. The van der Waals surface area contributed by atoms with E-state index in [1.165, 1.54) is 0 Å². The third-order valence-electron chi connectivity index (χ3n) is 2.95. The van der Waals surface area contributed by atoms with Gasteiger partial charge >= 0.3 is 37.7 Å². The zero-order valence-corrected chi connectivity index (χ0v) is 14.4. The molecule has 0 aliphatic carbocycles.